The summed E-state index contributed by atoms with van der Waals surface area (Å²) < 4.78 is 45.6. The standard InChI is InChI=1S/C19H26F3N5O.HI/c1-5-23-18(24-9-8-14-7-6-13(2)16(10-14)28-4)25-11-15-12-27(3)26-17(15)19(20,21)22;/h6-7,10,12H,5,8-9,11H2,1-4H3,(H2,23,24,25);1H. The highest BCUT2D eigenvalue weighted by atomic mass is 127. The van der Waals surface area contributed by atoms with Crippen LogP contribution in [0.5, 0.6) is 5.75 Å². The molecule has 0 bridgehead atoms. The number of guanidine groups is 1. The van der Waals surface area contributed by atoms with Gasteiger partial charge in [0, 0.05) is 31.9 Å². The normalized spacial score (nSPS) is 11.8. The number of methoxy groups -OCH3 is 1. The zero-order valence-corrected chi connectivity index (χ0v) is 19.3. The van der Waals surface area contributed by atoms with Crippen LogP contribution in [-0.2, 0) is 26.2 Å². The van der Waals surface area contributed by atoms with Crippen molar-refractivity contribution in [2.24, 2.45) is 12.0 Å². The average Bonchev–Trinajstić information content (AvgIpc) is 3.02. The van der Waals surface area contributed by atoms with E-state index in [0.29, 0.717) is 19.0 Å². The van der Waals surface area contributed by atoms with Gasteiger partial charge in [-0.25, -0.2) is 4.99 Å². The number of halogens is 4. The maximum Gasteiger partial charge on any atom is 0.435 e. The van der Waals surface area contributed by atoms with E-state index < -0.39 is 11.9 Å². The molecule has 0 spiro atoms. The van der Waals surface area contributed by atoms with E-state index in [2.05, 4.69) is 20.7 Å². The van der Waals surface area contributed by atoms with Gasteiger partial charge in [0.1, 0.15) is 5.75 Å². The van der Waals surface area contributed by atoms with Gasteiger partial charge in [-0.05, 0) is 37.5 Å². The molecule has 162 valence electrons. The fourth-order valence-electron chi connectivity index (χ4n) is 2.74. The van der Waals surface area contributed by atoms with E-state index in [9.17, 15) is 13.2 Å². The quantitative estimate of drug-likeness (QED) is 0.329. The number of ether oxygens (including phenoxy) is 1. The fourth-order valence-corrected chi connectivity index (χ4v) is 2.74. The molecule has 0 aliphatic heterocycles. The first kappa shape index (κ1) is 25.1. The van der Waals surface area contributed by atoms with Crippen molar-refractivity contribution in [3.05, 3.63) is 46.8 Å². The third-order valence-electron chi connectivity index (χ3n) is 4.10. The number of alkyl halides is 3. The molecule has 1 aromatic heterocycles. The minimum Gasteiger partial charge on any atom is -0.496 e. The molecule has 29 heavy (non-hydrogen) atoms. The summed E-state index contributed by atoms with van der Waals surface area (Å²) in [6, 6.07) is 6.00. The molecule has 2 N–H and O–H groups in total. The van der Waals surface area contributed by atoms with Gasteiger partial charge in [-0.3, -0.25) is 4.68 Å². The molecule has 0 saturated carbocycles. The van der Waals surface area contributed by atoms with Crippen LogP contribution < -0.4 is 15.4 Å². The van der Waals surface area contributed by atoms with E-state index in [0.717, 1.165) is 28.0 Å². The number of aryl methyl sites for hydroxylation is 2. The van der Waals surface area contributed by atoms with Crippen molar-refractivity contribution < 1.29 is 17.9 Å². The van der Waals surface area contributed by atoms with E-state index in [4.69, 9.17) is 4.74 Å². The lowest BCUT2D eigenvalue weighted by Gasteiger charge is -2.12. The number of rotatable bonds is 7. The van der Waals surface area contributed by atoms with Gasteiger partial charge < -0.3 is 15.4 Å². The number of hydrogen-bond donors (Lipinski definition) is 2. The van der Waals surface area contributed by atoms with Crippen LogP contribution in [-0.4, -0.2) is 35.9 Å². The van der Waals surface area contributed by atoms with Crippen LogP contribution in [0, 0.1) is 6.92 Å². The summed E-state index contributed by atoms with van der Waals surface area (Å²) in [5.41, 5.74) is 1.29. The van der Waals surface area contributed by atoms with Crippen molar-refractivity contribution in [3.63, 3.8) is 0 Å². The lowest BCUT2D eigenvalue weighted by Crippen LogP contribution is -2.38. The lowest BCUT2D eigenvalue weighted by atomic mass is 10.1. The Hall–Kier alpha value is -1.98. The molecule has 0 saturated heterocycles. The second-order valence-electron chi connectivity index (χ2n) is 6.35. The van der Waals surface area contributed by atoms with E-state index in [-0.39, 0.29) is 36.1 Å². The van der Waals surface area contributed by atoms with Crippen molar-refractivity contribution in [3.8, 4) is 5.75 Å². The van der Waals surface area contributed by atoms with Crippen molar-refractivity contribution >= 4 is 29.9 Å². The van der Waals surface area contributed by atoms with Crippen LogP contribution in [0.15, 0.2) is 29.4 Å². The Labute approximate surface area is 185 Å². The smallest absolute Gasteiger partial charge is 0.435 e. The zero-order valence-electron chi connectivity index (χ0n) is 16.9. The van der Waals surface area contributed by atoms with Crippen molar-refractivity contribution in [2.75, 3.05) is 20.2 Å². The summed E-state index contributed by atoms with van der Waals surface area (Å²) in [6.45, 7) is 4.94. The minimum absolute atomic E-state index is 0. The minimum atomic E-state index is -4.50. The van der Waals surface area contributed by atoms with Gasteiger partial charge in [0.05, 0.1) is 13.7 Å². The van der Waals surface area contributed by atoms with E-state index in [1.165, 1.54) is 13.2 Å². The third-order valence-corrected chi connectivity index (χ3v) is 4.10. The van der Waals surface area contributed by atoms with Gasteiger partial charge in [0.25, 0.3) is 0 Å². The van der Waals surface area contributed by atoms with Gasteiger partial charge in [-0.15, -0.1) is 24.0 Å². The maximum atomic E-state index is 13.0. The zero-order chi connectivity index (χ0) is 20.7. The molecule has 1 aromatic carbocycles. The first-order chi connectivity index (χ1) is 13.2. The number of nitrogens with zero attached hydrogens (tertiary/aromatic N) is 3. The summed E-state index contributed by atoms with van der Waals surface area (Å²) in [5, 5.41) is 9.69. The summed E-state index contributed by atoms with van der Waals surface area (Å²) in [5.74, 6) is 1.29. The van der Waals surface area contributed by atoms with Crippen LogP contribution in [0.4, 0.5) is 13.2 Å². The predicted octanol–water partition coefficient (Wildman–Crippen LogP) is 3.67. The summed E-state index contributed by atoms with van der Waals surface area (Å²) in [4.78, 5) is 4.27. The molecular formula is C19H27F3IN5O. The molecule has 2 rings (SSSR count). The molecule has 10 heteroatoms. The third kappa shape index (κ3) is 7.41. The SMILES string of the molecule is CCNC(=NCc1cn(C)nc1C(F)(F)F)NCCc1ccc(C)c(OC)c1.I. The molecule has 0 aliphatic carbocycles. The van der Waals surface area contributed by atoms with Crippen molar-refractivity contribution in [1.82, 2.24) is 20.4 Å². The number of aliphatic imine (C=N–C) groups is 1. The topological polar surface area (TPSA) is 63.5 Å². The average molecular weight is 525 g/mol. The van der Waals surface area contributed by atoms with Crippen molar-refractivity contribution in [2.45, 2.75) is 33.0 Å². The molecule has 0 amide bonds. The second kappa shape index (κ2) is 11.3. The van der Waals surface area contributed by atoms with Crippen LogP contribution in [0.3, 0.4) is 0 Å². The van der Waals surface area contributed by atoms with Gasteiger partial charge in [0.2, 0.25) is 0 Å². The summed E-state index contributed by atoms with van der Waals surface area (Å²) >= 11 is 0. The van der Waals surface area contributed by atoms with E-state index in [1.54, 1.807) is 7.11 Å². The van der Waals surface area contributed by atoms with Crippen LogP contribution in [0.2, 0.25) is 0 Å². The Kier molecular flexibility index (Phi) is 9.74. The van der Waals surface area contributed by atoms with Gasteiger partial charge in [-0.2, -0.15) is 18.3 Å². The maximum absolute atomic E-state index is 13.0. The van der Waals surface area contributed by atoms with E-state index >= 15 is 0 Å². The van der Waals surface area contributed by atoms with Crippen LogP contribution in [0.1, 0.15) is 29.3 Å². The Balaban J connectivity index is 0.00000420. The largest absolute Gasteiger partial charge is 0.496 e. The molecule has 6 nitrogen and oxygen atoms in total. The number of nitrogens with one attached hydrogen (secondary N) is 2. The molecule has 0 atom stereocenters. The molecular weight excluding hydrogens is 498 g/mol. The number of benzene rings is 1. The number of hydrogen-bond acceptors (Lipinski definition) is 3. The van der Waals surface area contributed by atoms with Crippen LogP contribution in [0.25, 0.3) is 0 Å². The van der Waals surface area contributed by atoms with Gasteiger partial charge in [0.15, 0.2) is 11.7 Å². The van der Waals surface area contributed by atoms with Gasteiger partial charge in [-0.1, -0.05) is 12.1 Å². The highest BCUT2D eigenvalue weighted by molar-refractivity contribution is 14.0. The Morgan fingerprint density at radius 1 is 1.28 bits per heavy atom. The fraction of sp³-hybridized carbons (Fsp3) is 0.474. The molecule has 0 unspecified atom stereocenters. The molecule has 0 radical (unpaired) electrons. The molecule has 1 heterocycles. The number of aromatic nitrogens is 2. The van der Waals surface area contributed by atoms with Gasteiger partial charge >= 0.3 is 6.18 Å². The predicted molar refractivity (Wildman–Crippen MR) is 118 cm³/mol. The molecule has 2 aromatic rings. The Morgan fingerprint density at radius 3 is 2.62 bits per heavy atom. The first-order valence-corrected chi connectivity index (χ1v) is 9.00. The van der Waals surface area contributed by atoms with Crippen molar-refractivity contribution in [1.29, 1.82) is 0 Å². The first-order valence-electron chi connectivity index (χ1n) is 9.00. The van der Waals surface area contributed by atoms with E-state index in [1.807, 2.05) is 32.0 Å². The monoisotopic (exact) mass is 525 g/mol. The highest BCUT2D eigenvalue weighted by Crippen LogP contribution is 2.30. The summed E-state index contributed by atoms with van der Waals surface area (Å²) in [7, 11) is 3.09. The summed E-state index contributed by atoms with van der Waals surface area (Å²) in [6.07, 6.45) is -2.43. The van der Waals surface area contributed by atoms with Crippen LogP contribution >= 0.6 is 24.0 Å². The second-order valence-corrected chi connectivity index (χ2v) is 6.35. The highest BCUT2D eigenvalue weighted by Gasteiger charge is 2.36. The Bertz CT molecular complexity index is 821. The lowest BCUT2D eigenvalue weighted by molar-refractivity contribution is -0.142. The molecule has 0 aliphatic rings. The Morgan fingerprint density at radius 2 is 2.00 bits per heavy atom. The molecule has 0 fully saturated rings.